The lowest BCUT2D eigenvalue weighted by Gasteiger charge is -2.23. The molecule has 1 saturated heterocycles. The van der Waals surface area contributed by atoms with Gasteiger partial charge in [0.2, 0.25) is 0 Å². The summed E-state index contributed by atoms with van der Waals surface area (Å²) < 4.78 is 4.89. The third kappa shape index (κ3) is 2.34. The predicted octanol–water partition coefficient (Wildman–Crippen LogP) is 0.858. The van der Waals surface area contributed by atoms with Crippen molar-refractivity contribution in [2.75, 3.05) is 13.2 Å². The molecule has 1 unspecified atom stereocenters. The molecule has 3 heteroatoms. The van der Waals surface area contributed by atoms with E-state index in [9.17, 15) is 4.79 Å². The molecular formula is C9H15NO2. The molecule has 0 amide bonds. The maximum absolute atomic E-state index is 11.2. The molecule has 0 bridgehead atoms. The number of hydrogen-bond acceptors (Lipinski definition) is 3. The Morgan fingerprint density at radius 3 is 3.17 bits per heavy atom. The van der Waals surface area contributed by atoms with Gasteiger partial charge in [-0.3, -0.25) is 4.79 Å². The van der Waals surface area contributed by atoms with Crippen molar-refractivity contribution in [1.82, 2.24) is 5.32 Å². The maximum Gasteiger partial charge on any atom is 0.323 e. The fraction of sp³-hybridized carbons (Fsp3) is 0.667. The summed E-state index contributed by atoms with van der Waals surface area (Å²) in [6, 6.07) is -0.161. The van der Waals surface area contributed by atoms with Gasteiger partial charge in [-0.05, 0) is 26.3 Å². The number of carbonyl (C=O) groups excluding carboxylic acids is 1. The second-order valence-electron chi connectivity index (χ2n) is 2.96. The Morgan fingerprint density at radius 1 is 1.83 bits per heavy atom. The molecule has 68 valence electrons. The lowest BCUT2D eigenvalue weighted by Crippen LogP contribution is -2.42. The van der Waals surface area contributed by atoms with Crippen molar-refractivity contribution in [3.8, 4) is 0 Å². The Bertz CT molecular complexity index is 189. The lowest BCUT2D eigenvalue weighted by atomic mass is 10.0. The summed E-state index contributed by atoms with van der Waals surface area (Å²) in [5.74, 6) is -0.154. The Hall–Kier alpha value is -0.830. The predicted molar refractivity (Wildman–Crippen MR) is 46.8 cm³/mol. The fourth-order valence-corrected chi connectivity index (χ4v) is 1.30. The molecule has 0 spiro atoms. The van der Waals surface area contributed by atoms with Gasteiger partial charge in [0.25, 0.3) is 0 Å². The normalized spacial score (nSPS) is 23.8. The molecule has 0 aromatic heterocycles. The Kier molecular flexibility index (Phi) is 3.29. The molecule has 1 heterocycles. The van der Waals surface area contributed by atoms with Crippen LogP contribution in [-0.4, -0.2) is 25.2 Å². The van der Waals surface area contributed by atoms with Crippen LogP contribution in [-0.2, 0) is 9.53 Å². The van der Waals surface area contributed by atoms with Gasteiger partial charge in [-0.2, -0.15) is 0 Å². The van der Waals surface area contributed by atoms with Crippen LogP contribution in [0, 0.1) is 0 Å². The first kappa shape index (κ1) is 9.26. The van der Waals surface area contributed by atoms with E-state index < -0.39 is 0 Å². The molecule has 1 fully saturated rings. The van der Waals surface area contributed by atoms with Gasteiger partial charge in [0.1, 0.15) is 6.04 Å². The highest BCUT2D eigenvalue weighted by Crippen LogP contribution is 2.13. The maximum atomic E-state index is 11.2. The molecule has 12 heavy (non-hydrogen) atoms. The van der Waals surface area contributed by atoms with Gasteiger partial charge < -0.3 is 10.1 Å². The van der Waals surface area contributed by atoms with E-state index in [0.29, 0.717) is 6.61 Å². The Labute approximate surface area is 72.8 Å². The second-order valence-corrected chi connectivity index (χ2v) is 2.96. The zero-order valence-electron chi connectivity index (χ0n) is 7.43. The highest BCUT2D eigenvalue weighted by Gasteiger charge is 2.22. The van der Waals surface area contributed by atoms with Crippen LogP contribution in [0.1, 0.15) is 19.8 Å². The van der Waals surface area contributed by atoms with E-state index in [4.69, 9.17) is 4.74 Å². The zero-order chi connectivity index (χ0) is 8.97. The van der Waals surface area contributed by atoms with Gasteiger partial charge in [0.05, 0.1) is 6.61 Å². The molecule has 0 radical (unpaired) electrons. The van der Waals surface area contributed by atoms with Gasteiger partial charge >= 0.3 is 5.97 Å². The first-order chi connectivity index (χ1) is 5.74. The summed E-state index contributed by atoms with van der Waals surface area (Å²) in [6.45, 7) is 6.96. The highest BCUT2D eigenvalue weighted by atomic mass is 16.5. The van der Waals surface area contributed by atoms with Crippen molar-refractivity contribution in [1.29, 1.82) is 0 Å². The van der Waals surface area contributed by atoms with Crippen LogP contribution < -0.4 is 5.32 Å². The summed E-state index contributed by atoms with van der Waals surface area (Å²) in [6.07, 6.45) is 1.69. The average molecular weight is 169 g/mol. The minimum Gasteiger partial charge on any atom is -0.465 e. The molecule has 0 aliphatic carbocycles. The van der Waals surface area contributed by atoms with Gasteiger partial charge in [0.15, 0.2) is 0 Å². The van der Waals surface area contributed by atoms with Gasteiger partial charge in [-0.25, -0.2) is 0 Å². The third-order valence-electron chi connectivity index (χ3n) is 1.93. The largest absolute Gasteiger partial charge is 0.465 e. The van der Waals surface area contributed by atoms with E-state index in [1.54, 1.807) is 0 Å². The average Bonchev–Trinajstić information content (AvgIpc) is 2.05. The number of rotatable bonds is 2. The van der Waals surface area contributed by atoms with Crippen molar-refractivity contribution in [3.05, 3.63) is 12.2 Å². The quantitative estimate of drug-likeness (QED) is 0.492. The molecule has 0 aromatic rings. The van der Waals surface area contributed by atoms with Crippen LogP contribution >= 0.6 is 0 Å². The first-order valence-corrected chi connectivity index (χ1v) is 4.30. The summed E-state index contributed by atoms with van der Waals surface area (Å²) in [5.41, 5.74) is 1.13. The summed E-state index contributed by atoms with van der Waals surface area (Å²) in [7, 11) is 0. The molecule has 0 saturated carbocycles. The zero-order valence-corrected chi connectivity index (χ0v) is 7.43. The first-order valence-electron chi connectivity index (χ1n) is 4.30. The van der Waals surface area contributed by atoms with Gasteiger partial charge in [0, 0.05) is 0 Å². The van der Waals surface area contributed by atoms with Crippen molar-refractivity contribution in [2.45, 2.75) is 25.8 Å². The minimum absolute atomic E-state index is 0.154. The van der Waals surface area contributed by atoms with Crippen molar-refractivity contribution in [3.63, 3.8) is 0 Å². The highest BCUT2D eigenvalue weighted by molar-refractivity contribution is 5.76. The summed E-state index contributed by atoms with van der Waals surface area (Å²) in [5, 5.41) is 3.10. The smallest absolute Gasteiger partial charge is 0.323 e. The molecular weight excluding hydrogens is 154 g/mol. The fourth-order valence-electron chi connectivity index (χ4n) is 1.30. The Balaban J connectivity index is 2.40. The van der Waals surface area contributed by atoms with Crippen molar-refractivity contribution in [2.24, 2.45) is 0 Å². The lowest BCUT2D eigenvalue weighted by molar-refractivity contribution is -0.145. The van der Waals surface area contributed by atoms with Crippen LogP contribution in [0.15, 0.2) is 12.2 Å². The van der Waals surface area contributed by atoms with Crippen LogP contribution in [0.5, 0.6) is 0 Å². The molecule has 3 nitrogen and oxygen atoms in total. The summed E-state index contributed by atoms with van der Waals surface area (Å²) in [4.78, 5) is 11.2. The monoisotopic (exact) mass is 169 g/mol. The molecule has 1 aliphatic heterocycles. The molecule has 1 N–H and O–H groups in total. The summed E-state index contributed by atoms with van der Waals surface area (Å²) >= 11 is 0. The molecule has 1 rings (SSSR count). The topological polar surface area (TPSA) is 38.3 Å². The third-order valence-corrected chi connectivity index (χ3v) is 1.93. The van der Waals surface area contributed by atoms with Crippen LogP contribution in [0.25, 0.3) is 0 Å². The standard InChI is InChI=1S/C9H15NO2/c1-3-12-9(11)8-6-7(2)4-5-10-8/h8,10H,2-6H2,1H3. The Morgan fingerprint density at radius 2 is 2.58 bits per heavy atom. The second kappa shape index (κ2) is 4.26. The van der Waals surface area contributed by atoms with Crippen molar-refractivity contribution < 1.29 is 9.53 Å². The molecule has 0 aromatic carbocycles. The van der Waals surface area contributed by atoms with Crippen LogP contribution in [0.4, 0.5) is 0 Å². The SMILES string of the molecule is C=C1CCNC(C(=O)OCC)C1. The number of piperidine rings is 1. The molecule has 1 aliphatic rings. The van der Waals surface area contributed by atoms with Crippen LogP contribution in [0.3, 0.4) is 0 Å². The van der Waals surface area contributed by atoms with E-state index in [1.165, 1.54) is 0 Å². The minimum atomic E-state index is -0.161. The molecule has 1 atom stereocenters. The van der Waals surface area contributed by atoms with E-state index in [0.717, 1.165) is 25.0 Å². The van der Waals surface area contributed by atoms with E-state index in [2.05, 4.69) is 11.9 Å². The number of carbonyl (C=O) groups is 1. The van der Waals surface area contributed by atoms with Gasteiger partial charge in [-0.1, -0.05) is 12.2 Å². The van der Waals surface area contributed by atoms with Crippen molar-refractivity contribution >= 4 is 5.97 Å². The number of esters is 1. The number of ether oxygens (including phenoxy) is 1. The number of hydrogen-bond donors (Lipinski definition) is 1. The number of nitrogens with one attached hydrogen (secondary N) is 1. The van der Waals surface area contributed by atoms with Gasteiger partial charge in [-0.15, -0.1) is 0 Å². The van der Waals surface area contributed by atoms with Crippen LogP contribution in [0.2, 0.25) is 0 Å². The van der Waals surface area contributed by atoms with E-state index in [1.807, 2.05) is 6.92 Å². The van der Waals surface area contributed by atoms with E-state index in [-0.39, 0.29) is 12.0 Å². The van der Waals surface area contributed by atoms with E-state index >= 15 is 0 Å².